The molecular weight excluding hydrogens is 426 g/mol. The fourth-order valence-electron chi connectivity index (χ4n) is 3.49. The minimum absolute atomic E-state index is 0.202. The molecule has 1 heterocycles. The lowest BCUT2D eigenvalue weighted by molar-refractivity contribution is -0.136. The highest BCUT2D eigenvalue weighted by Crippen LogP contribution is 2.26. The standard InChI is InChI=1S/C21H24ClN3O4S/c22-16-7-6-8-17(15-16)24-21(27)20(26)23-13-12-18-9-4-5-14-25(18)30(28,29)19-10-2-1-3-11-19/h1-3,6-8,10-11,15,18H,4-5,9,12-14H2,(H,23,26)(H,24,27)/t18-/m1/s1. The third kappa shape index (κ3) is 5.59. The Morgan fingerprint density at radius 3 is 2.53 bits per heavy atom. The molecule has 2 aromatic carbocycles. The van der Waals surface area contributed by atoms with Crippen molar-refractivity contribution >= 4 is 39.1 Å². The number of anilines is 1. The molecule has 9 heteroatoms. The minimum Gasteiger partial charge on any atom is -0.348 e. The van der Waals surface area contributed by atoms with Crippen molar-refractivity contribution in [1.82, 2.24) is 9.62 Å². The van der Waals surface area contributed by atoms with Crippen molar-refractivity contribution in [2.24, 2.45) is 0 Å². The van der Waals surface area contributed by atoms with Crippen LogP contribution in [0.1, 0.15) is 25.7 Å². The molecule has 1 fully saturated rings. The Kier molecular flexibility index (Phi) is 7.47. The summed E-state index contributed by atoms with van der Waals surface area (Å²) in [6.07, 6.45) is 2.88. The number of hydrogen-bond acceptors (Lipinski definition) is 4. The van der Waals surface area contributed by atoms with Crippen LogP contribution in [-0.2, 0) is 19.6 Å². The quantitative estimate of drug-likeness (QED) is 0.662. The van der Waals surface area contributed by atoms with Gasteiger partial charge in [0, 0.05) is 29.8 Å². The van der Waals surface area contributed by atoms with Crippen LogP contribution < -0.4 is 10.6 Å². The van der Waals surface area contributed by atoms with Crippen molar-refractivity contribution in [3.05, 3.63) is 59.6 Å². The Morgan fingerprint density at radius 2 is 1.80 bits per heavy atom. The van der Waals surface area contributed by atoms with Crippen LogP contribution in [0.2, 0.25) is 5.02 Å². The fraction of sp³-hybridized carbons (Fsp3) is 0.333. The van der Waals surface area contributed by atoms with Gasteiger partial charge in [-0.15, -0.1) is 0 Å². The first-order valence-electron chi connectivity index (χ1n) is 9.79. The van der Waals surface area contributed by atoms with Gasteiger partial charge in [0.2, 0.25) is 10.0 Å². The van der Waals surface area contributed by atoms with E-state index in [1.807, 2.05) is 0 Å². The van der Waals surface area contributed by atoms with Crippen molar-refractivity contribution in [1.29, 1.82) is 0 Å². The number of nitrogens with one attached hydrogen (secondary N) is 2. The second kappa shape index (κ2) is 10.1. The second-order valence-corrected chi connectivity index (χ2v) is 9.41. The third-order valence-corrected chi connectivity index (χ3v) is 7.18. The molecule has 1 aliphatic rings. The predicted octanol–water partition coefficient (Wildman–Crippen LogP) is 3.03. The van der Waals surface area contributed by atoms with Gasteiger partial charge in [-0.25, -0.2) is 8.42 Å². The van der Waals surface area contributed by atoms with E-state index in [4.69, 9.17) is 11.6 Å². The van der Waals surface area contributed by atoms with Gasteiger partial charge in [0.1, 0.15) is 0 Å². The van der Waals surface area contributed by atoms with E-state index in [1.54, 1.807) is 54.6 Å². The summed E-state index contributed by atoms with van der Waals surface area (Å²) >= 11 is 5.87. The van der Waals surface area contributed by atoms with Crippen LogP contribution in [0.15, 0.2) is 59.5 Å². The van der Waals surface area contributed by atoms with Crippen molar-refractivity contribution in [2.75, 3.05) is 18.4 Å². The van der Waals surface area contributed by atoms with Crippen LogP contribution >= 0.6 is 11.6 Å². The molecule has 0 aliphatic carbocycles. The van der Waals surface area contributed by atoms with Gasteiger partial charge in [0.25, 0.3) is 0 Å². The van der Waals surface area contributed by atoms with Crippen LogP contribution in [-0.4, -0.2) is 43.7 Å². The molecule has 1 atom stereocenters. The number of sulfonamides is 1. The van der Waals surface area contributed by atoms with Gasteiger partial charge in [0.15, 0.2) is 0 Å². The molecule has 1 aliphatic heterocycles. The van der Waals surface area contributed by atoms with Crippen LogP contribution in [0.25, 0.3) is 0 Å². The number of rotatable bonds is 6. The van der Waals surface area contributed by atoms with E-state index in [0.717, 1.165) is 19.3 Å². The lowest BCUT2D eigenvalue weighted by Gasteiger charge is -2.34. The molecule has 0 radical (unpaired) electrons. The third-order valence-electron chi connectivity index (χ3n) is 4.97. The van der Waals surface area contributed by atoms with Gasteiger partial charge in [-0.3, -0.25) is 9.59 Å². The van der Waals surface area contributed by atoms with Crippen molar-refractivity contribution < 1.29 is 18.0 Å². The summed E-state index contributed by atoms with van der Waals surface area (Å²) in [5, 5.41) is 5.50. The van der Waals surface area contributed by atoms with E-state index in [9.17, 15) is 18.0 Å². The molecule has 2 aromatic rings. The number of carbonyl (C=O) groups is 2. The van der Waals surface area contributed by atoms with Gasteiger partial charge >= 0.3 is 11.8 Å². The van der Waals surface area contributed by atoms with Gasteiger partial charge in [-0.2, -0.15) is 4.31 Å². The maximum Gasteiger partial charge on any atom is 0.313 e. The van der Waals surface area contributed by atoms with Gasteiger partial charge < -0.3 is 10.6 Å². The number of piperidine rings is 1. The van der Waals surface area contributed by atoms with Crippen molar-refractivity contribution in [3.8, 4) is 0 Å². The second-order valence-electron chi connectivity index (χ2n) is 7.09. The topological polar surface area (TPSA) is 95.6 Å². The average molecular weight is 450 g/mol. The highest BCUT2D eigenvalue weighted by molar-refractivity contribution is 7.89. The SMILES string of the molecule is O=C(NCC[C@H]1CCCCN1S(=O)(=O)c1ccccc1)C(=O)Nc1cccc(Cl)c1. The highest BCUT2D eigenvalue weighted by Gasteiger charge is 2.33. The Balaban J connectivity index is 1.56. The molecule has 0 aromatic heterocycles. The molecule has 0 bridgehead atoms. The number of nitrogens with zero attached hydrogens (tertiary/aromatic N) is 1. The summed E-state index contributed by atoms with van der Waals surface area (Å²) in [7, 11) is -3.59. The van der Waals surface area contributed by atoms with Crippen molar-refractivity contribution in [3.63, 3.8) is 0 Å². The van der Waals surface area contributed by atoms with E-state index < -0.39 is 21.8 Å². The lowest BCUT2D eigenvalue weighted by Crippen LogP contribution is -2.45. The van der Waals surface area contributed by atoms with Gasteiger partial charge in [-0.05, 0) is 49.6 Å². The molecule has 7 nitrogen and oxygen atoms in total. The fourth-order valence-corrected chi connectivity index (χ4v) is 5.43. The van der Waals surface area contributed by atoms with E-state index >= 15 is 0 Å². The summed E-state index contributed by atoms with van der Waals surface area (Å²) in [5.41, 5.74) is 0.426. The van der Waals surface area contributed by atoms with Crippen molar-refractivity contribution in [2.45, 2.75) is 36.6 Å². The van der Waals surface area contributed by atoms with Crippen LogP contribution in [0, 0.1) is 0 Å². The monoisotopic (exact) mass is 449 g/mol. The molecule has 0 saturated carbocycles. The summed E-state index contributed by atoms with van der Waals surface area (Å²) in [4.78, 5) is 24.4. The largest absolute Gasteiger partial charge is 0.348 e. The molecule has 2 amide bonds. The molecule has 0 spiro atoms. The normalized spacial score (nSPS) is 17.3. The number of benzene rings is 2. The highest BCUT2D eigenvalue weighted by atomic mass is 35.5. The zero-order chi connectivity index (χ0) is 21.6. The maximum atomic E-state index is 13.0. The number of hydrogen-bond donors (Lipinski definition) is 2. The van der Waals surface area contributed by atoms with E-state index in [2.05, 4.69) is 10.6 Å². The smallest absolute Gasteiger partial charge is 0.313 e. The molecule has 1 saturated heterocycles. The van der Waals surface area contributed by atoms with E-state index in [-0.39, 0.29) is 17.5 Å². The zero-order valence-corrected chi connectivity index (χ0v) is 18.0. The van der Waals surface area contributed by atoms with Gasteiger partial charge in [0.05, 0.1) is 4.90 Å². The molecule has 0 unspecified atom stereocenters. The van der Waals surface area contributed by atoms with Crippen LogP contribution in [0.5, 0.6) is 0 Å². The first kappa shape index (κ1) is 22.3. The number of halogens is 1. The Labute approximate surface area is 181 Å². The Bertz CT molecular complexity index is 998. The molecule has 3 rings (SSSR count). The summed E-state index contributed by atoms with van der Waals surface area (Å²) in [5.74, 6) is -1.57. The summed E-state index contributed by atoms with van der Waals surface area (Å²) in [6, 6.07) is 14.6. The predicted molar refractivity (Wildman–Crippen MR) is 116 cm³/mol. The Morgan fingerprint density at radius 1 is 1.03 bits per heavy atom. The molecule has 160 valence electrons. The van der Waals surface area contributed by atoms with E-state index in [1.165, 1.54) is 4.31 Å². The van der Waals surface area contributed by atoms with Gasteiger partial charge in [-0.1, -0.05) is 42.3 Å². The van der Waals surface area contributed by atoms with Crippen LogP contribution in [0.3, 0.4) is 0 Å². The molecule has 2 N–H and O–H groups in total. The summed E-state index contributed by atoms with van der Waals surface area (Å²) < 4.78 is 27.5. The van der Waals surface area contributed by atoms with Crippen LogP contribution in [0.4, 0.5) is 5.69 Å². The first-order valence-corrected chi connectivity index (χ1v) is 11.6. The lowest BCUT2D eigenvalue weighted by atomic mass is 10.0. The molecule has 30 heavy (non-hydrogen) atoms. The Hall–Kier alpha value is -2.42. The maximum absolute atomic E-state index is 13.0. The number of carbonyl (C=O) groups excluding carboxylic acids is 2. The van der Waals surface area contributed by atoms with E-state index in [0.29, 0.717) is 23.7 Å². The average Bonchev–Trinajstić information content (AvgIpc) is 2.74. The summed E-state index contributed by atoms with van der Waals surface area (Å²) in [6.45, 7) is 0.651. The number of amides is 2. The minimum atomic E-state index is -3.59. The first-order chi connectivity index (χ1) is 14.4. The zero-order valence-electron chi connectivity index (χ0n) is 16.4. The molecular formula is C21H24ClN3O4S.